The van der Waals surface area contributed by atoms with Crippen molar-refractivity contribution in [2.45, 2.75) is 30.3 Å². The lowest BCUT2D eigenvalue weighted by atomic mass is 10.1. The number of amides is 1. The van der Waals surface area contributed by atoms with E-state index >= 15 is 0 Å². The Hall–Kier alpha value is -3.33. The molecule has 150 valence electrons. The summed E-state index contributed by atoms with van der Waals surface area (Å²) in [4.78, 5) is 24.0. The second kappa shape index (κ2) is 7.96. The molecule has 0 aliphatic carbocycles. The smallest absolute Gasteiger partial charge is 0.267 e. The molecule has 1 N–H and O–H groups in total. The summed E-state index contributed by atoms with van der Waals surface area (Å²) in [6.07, 6.45) is 0. The van der Waals surface area contributed by atoms with Crippen molar-refractivity contribution in [1.29, 1.82) is 0 Å². The van der Waals surface area contributed by atoms with Crippen molar-refractivity contribution in [3.8, 4) is 0 Å². The lowest BCUT2D eigenvalue weighted by molar-refractivity contribution is -0.117. The lowest BCUT2D eigenvalue weighted by Crippen LogP contribution is -2.30. The topological polar surface area (TPSA) is 98.1 Å². The number of anilines is 1. The average Bonchev–Trinajstić information content (AvgIpc) is 2.66. The van der Waals surface area contributed by atoms with Crippen molar-refractivity contribution in [3.05, 3.63) is 81.9 Å². The average molecular weight is 415 g/mol. The molecule has 0 aliphatic rings. The van der Waals surface area contributed by atoms with E-state index in [1.54, 1.807) is 12.1 Å². The predicted octanol–water partition coefficient (Wildman–Crippen LogP) is 2.47. The van der Waals surface area contributed by atoms with Gasteiger partial charge in [-0.3, -0.25) is 9.59 Å². The molecule has 3 aromatic rings. The molecule has 7 nitrogen and oxygen atoms in total. The van der Waals surface area contributed by atoms with Gasteiger partial charge in [-0.2, -0.15) is 5.10 Å². The Morgan fingerprint density at radius 1 is 1.07 bits per heavy atom. The number of carbonyl (C=O) groups is 1. The molecular formula is C20H18FN3O4S. The molecule has 1 heterocycles. The van der Waals surface area contributed by atoms with Crippen LogP contribution in [0.2, 0.25) is 0 Å². The number of aromatic nitrogens is 2. The van der Waals surface area contributed by atoms with Crippen LogP contribution in [0.25, 0.3) is 0 Å². The second-order valence-electron chi connectivity index (χ2n) is 6.48. The summed E-state index contributed by atoms with van der Waals surface area (Å²) in [5, 5.41) is 5.98. The van der Waals surface area contributed by atoms with Crippen LogP contribution in [0.15, 0.2) is 69.3 Å². The summed E-state index contributed by atoms with van der Waals surface area (Å²) >= 11 is 0. The molecule has 0 radical (unpaired) electrons. The third-order valence-corrected chi connectivity index (χ3v) is 5.95. The van der Waals surface area contributed by atoms with Crippen LogP contribution in [0.1, 0.15) is 11.1 Å². The van der Waals surface area contributed by atoms with Gasteiger partial charge in [0.2, 0.25) is 15.7 Å². The number of nitrogens with zero attached hydrogens (tertiary/aromatic N) is 2. The van der Waals surface area contributed by atoms with Gasteiger partial charge in [-0.15, -0.1) is 0 Å². The quantitative estimate of drug-likeness (QED) is 0.690. The number of sulfone groups is 1. The Morgan fingerprint density at radius 3 is 2.52 bits per heavy atom. The van der Waals surface area contributed by atoms with E-state index in [0.717, 1.165) is 40.1 Å². The SMILES string of the molecule is Cc1ccc(NC(=O)Cn2nc(S(=O)(=O)c3cccc(F)c3)ccc2=O)cc1C. The monoisotopic (exact) mass is 415 g/mol. The Labute approximate surface area is 166 Å². The fourth-order valence-corrected chi connectivity index (χ4v) is 3.82. The van der Waals surface area contributed by atoms with Crippen LogP contribution in [0.4, 0.5) is 10.1 Å². The first-order chi connectivity index (χ1) is 13.7. The molecular weight excluding hydrogens is 397 g/mol. The van der Waals surface area contributed by atoms with Crippen LogP contribution in [-0.2, 0) is 21.2 Å². The molecule has 1 amide bonds. The van der Waals surface area contributed by atoms with Crippen molar-refractivity contribution < 1.29 is 17.6 Å². The molecule has 9 heteroatoms. The Bertz CT molecular complexity index is 1250. The van der Waals surface area contributed by atoms with Gasteiger partial charge >= 0.3 is 0 Å². The minimum Gasteiger partial charge on any atom is -0.324 e. The van der Waals surface area contributed by atoms with Crippen LogP contribution < -0.4 is 10.9 Å². The molecule has 0 saturated carbocycles. The van der Waals surface area contributed by atoms with Crippen molar-refractivity contribution in [2.24, 2.45) is 0 Å². The van der Waals surface area contributed by atoms with Gasteiger partial charge in [0.25, 0.3) is 5.56 Å². The number of carbonyl (C=O) groups excluding carboxylic acids is 1. The van der Waals surface area contributed by atoms with Gasteiger partial charge in [0, 0.05) is 11.8 Å². The van der Waals surface area contributed by atoms with Crippen LogP contribution >= 0.6 is 0 Å². The highest BCUT2D eigenvalue weighted by molar-refractivity contribution is 7.91. The van der Waals surface area contributed by atoms with Crippen molar-refractivity contribution >= 4 is 21.4 Å². The van der Waals surface area contributed by atoms with Gasteiger partial charge < -0.3 is 5.32 Å². The van der Waals surface area contributed by atoms with Crippen LogP contribution in [0, 0.1) is 19.7 Å². The highest BCUT2D eigenvalue weighted by Gasteiger charge is 2.21. The molecule has 0 unspecified atom stereocenters. The first kappa shape index (κ1) is 20.4. The molecule has 0 spiro atoms. The Balaban J connectivity index is 1.86. The van der Waals surface area contributed by atoms with E-state index in [1.165, 1.54) is 12.1 Å². The summed E-state index contributed by atoms with van der Waals surface area (Å²) in [6, 6.07) is 11.8. The van der Waals surface area contributed by atoms with Crippen LogP contribution in [-0.4, -0.2) is 24.1 Å². The molecule has 0 saturated heterocycles. The summed E-state index contributed by atoms with van der Waals surface area (Å²) in [7, 11) is -4.15. The molecule has 1 aromatic heterocycles. The molecule has 29 heavy (non-hydrogen) atoms. The molecule has 0 aliphatic heterocycles. The van der Waals surface area contributed by atoms with Crippen LogP contribution in [0.5, 0.6) is 0 Å². The number of rotatable bonds is 5. The first-order valence-corrected chi connectivity index (χ1v) is 10.1. The Morgan fingerprint density at radius 2 is 1.83 bits per heavy atom. The summed E-state index contributed by atoms with van der Waals surface area (Å²) in [5.74, 6) is -1.25. The highest BCUT2D eigenvalue weighted by atomic mass is 32.2. The lowest BCUT2D eigenvalue weighted by Gasteiger charge is -2.10. The summed E-state index contributed by atoms with van der Waals surface area (Å²) < 4.78 is 39.4. The van der Waals surface area contributed by atoms with Gasteiger partial charge in [-0.1, -0.05) is 12.1 Å². The third-order valence-electron chi connectivity index (χ3n) is 4.31. The normalized spacial score (nSPS) is 11.3. The largest absolute Gasteiger partial charge is 0.324 e. The van der Waals surface area contributed by atoms with E-state index in [2.05, 4.69) is 10.4 Å². The van der Waals surface area contributed by atoms with Gasteiger partial charge in [-0.05, 0) is 61.4 Å². The maximum Gasteiger partial charge on any atom is 0.267 e. The molecule has 3 rings (SSSR count). The summed E-state index contributed by atoms with van der Waals surface area (Å²) in [5.41, 5.74) is 1.96. The summed E-state index contributed by atoms with van der Waals surface area (Å²) in [6.45, 7) is 3.37. The maximum absolute atomic E-state index is 13.4. The van der Waals surface area contributed by atoms with Gasteiger partial charge in [-0.25, -0.2) is 17.5 Å². The highest BCUT2D eigenvalue weighted by Crippen LogP contribution is 2.19. The van der Waals surface area contributed by atoms with E-state index in [-0.39, 0.29) is 4.90 Å². The molecule has 0 bridgehead atoms. The minimum absolute atomic E-state index is 0.296. The number of hydrogen-bond donors (Lipinski definition) is 1. The number of nitrogens with one attached hydrogen (secondary N) is 1. The maximum atomic E-state index is 13.4. The predicted molar refractivity (Wildman–Crippen MR) is 105 cm³/mol. The minimum atomic E-state index is -4.15. The zero-order valence-electron chi connectivity index (χ0n) is 15.7. The molecule has 0 fully saturated rings. The first-order valence-electron chi connectivity index (χ1n) is 8.63. The van der Waals surface area contributed by atoms with Gasteiger partial charge in [0.05, 0.1) is 4.90 Å². The van der Waals surface area contributed by atoms with Gasteiger partial charge in [0.1, 0.15) is 12.4 Å². The third kappa shape index (κ3) is 4.57. The van der Waals surface area contributed by atoms with Crippen molar-refractivity contribution in [3.63, 3.8) is 0 Å². The molecule has 0 atom stereocenters. The van der Waals surface area contributed by atoms with Crippen LogP contribution in [0.3, 0.4) is 0 Å². The van der Waals surface area contributed by atoms with E-state index in [1.807, 2.05) is 19.9 Å². The standard InChI is InChI=1S/C20H18FN3O4S/c1-13-6-7-16(10-14(13)2)22-18(25)12-24-20(26)9-8-19(23-24)29(27,28)17-5-3-4-15(21)11-17/h3-11H,12H2,1-2H3,(H,22,25). The van der Waals surface area contributed by atoms with Gasteiger partial charge in [0.15, 0.2) is 5.03 Å². The zero-order valence-corrected chi connectivity index (χ0v) is 16.5. The fourth-order valence-electron chi connectivity index (χ4n) is 2.60. The van der Waals surface area contributed by atoms with Crippen molar-refractivity contribution in [2.75, 3.05) is 5.32 Å². The number of aryl methyl sites for hydroxylation is 2. The second-order valence-corrected chi connectivity index (χ2v) is 8.37. The van der Waals surface area contributed by atoms with E-state index < -0.39 is 38.7 Å². The van der Waals surface area contributed by atoms with E-state index in [0.29, 0.717) is 5.69 Å². The van der Waals surface area contributed by atoms with Crippen molar-refractivity contribution in [1.82, 2.24) is 9.78 Å². The number of hydrogen-bond acceptors (Lipinski definition) is 5. The van der Waals surface area contributed by atoms with E-state index in [4.69, 9.17) is 0 Å². The Kier molecular flexibility index (Phi) is 5.60. The molecule has 2 aromatic carbocycles. The zero-order chi connectivity index (χ0) is 21.2. The fraction of sp³-hybridized carbons (Fsp3) is 0.150. The van der Waals surface area contributed by atoms with E-state index in [9.17, 15) is 22.4 Å². The number of halogens is 1. The number of benzene rings is 2.